The molecule has 3 rings (SSSR count). The molecule has 2 amide bonds. The fourth-order valence-electron chi connectivity index (χ4n) is 4.61. The van der Waals surface area contributed by atoms with Crippen LogP contribution in [0, 0.1) is 13.8 Å². The molecule has 9 heteroatoms. The van der Waals surface area contributed by atoms with Crippen molar-refractivity contribution in [3.63, 3.8) is 0 Å². The van der Waals surface area contributed by atoms with Crippen molar-refractivity contribution in [1.29, 1.82) is 0 Å². The monoisotopic (exact) mass is 515 g/mol. The predicted molar refractivity (Wildman–Crippen MR) is 142 cm³/mol. The molecule has 0 spiro atoms. The minimum atomic E-state index is -3.76. The molecule has 1 atom stereocenters. The average molecular weight is 516 g/mol. The number of anilines is 1. The molecule has 0 heterocycles. The molecule has 1 saturated carbocycles. The van der Waals surface area contributed by atoms with Crippen LogP contribution >= 0.6 is 0 Å². The molecule has 0 radical (unpaired) electrons. The minimum absolute atomic E-state index is 0.112. The summed E-state index contributed by atoms with van der Waals surface area (Å²) in [5, 5.41) is 3.06. The number of hydrogen-bond acceptors (Lipinski definition) is 5. The van der Waals surface area contributed by atoms with E-state index in [-0.39, 0.29) is 18.5 Å². The molecule has 1 aliphatic rings. The lowest BCUT2D eigenvalue weighted by atomic mass is 10.1. The second-order valence-corrected chi connectivity index (χ2v) is 11.6. The summed E-state index contributed by atoms with van der Waals surface area (Å²) < 4.78 is 31.8. The Labute approximate surface area is 214 Å². The van der Waals surface area contributed by atoms with E-state index in [0.717, 1.165) is 52.9 Å². The smallest absolute Gasteiger partial charge is 0.244 e. The van der Waals surface area contributed by atoms with Crippen molar-refractivity contribution in [2.24, 2.45) is 0 Å². The predicted octanol–water partition coefficient (Wildman–Crippen LogP) is 3.55. The van der Waals surface area contributed by atoms with Crippen LogP contribution in [-0.4, -0.2) is 57.1 Å². The third kappa shape index (κ3) is 7.22. The molecular formula is C27H37N3O5S. The van der Waals surface area contributed by atoms with Gasteiger partial charge in [-0.15, -0.1) is 0 Å². The highest BCUT2D eigenvalue weighted by Gasteiger charge is 2.31. The third-order valence-electron chi connectivity index (χ3n) is 6.55. The van der Waals surface area contributed by atoms with Crippen LogP contribution in [0.5, 0.6) is 5.75 Å². The SMILES string of the molecule is COc1ccc(CN(C(=O)CN(c2cc(C)cc(C)c2)S(C)(=O)=O)C(C)C(=O)NC2CCCC2)cc1. The second kappa shape index (κ2) is 11.8. The van der Waals surface area contributed by atoms with Gasteiger partial charge in [-0.1, -0.05) is 31.0 Å². The number of amides is 2. The maximum absolute atomic E-state index is 13.7. The summed E-state index contributed by atoms with van der Waals surface area (Å²) in [5.41, 5.74) is 3.02. The zero-order chi connectivity index (χ0) is 26.5. The van der Waals surface area contributed by atoms with E-state index in [1.807, 2.05) is 32.0 Å². The van der Waals surface area contributed by atoms with E-state index in [1.54, 1.807) is 38.3 Å². The van der Waals surface area contributed by atoms with Crippen molar-refractivity contribution in [3.05, 3.63) is 59.2 Å². The molecule has 8 nitrogen and oxygen atoms in total. The van der Waals surface area contributed by atoms with Crippen LogP contribution in [0.3, 0.4) is 0 Å². The standard InChI is InChI=1S/C27H37N3O5S/c1-19-14-20(2)16-24(15-19)30(36(5,33)34)18-26(31)29(17-22-10-12-25(35-4)13-11-22)21(3)27(32)28-23-8-6-7-9-23/h10-16,21,23H,6-9,17-18H2,1-5H3,(H,28,32). The first-order valence-corrected chi connectivity index (χ1v) is 14.1. The van der Waals surface area contributed by atoms with Crippen LogP contribution in [0.2, 0.25) is 0 Å². The summed E-state index contributed by atoms with van der Waals surface area (Å²) in [5.74, 6) is -0.00717. The summed E-state index contributed by atoms with van der Waals surface area (Å²) in [4.78, 5) is 28.2. The number of carbonyl (C=O) groups is 2. The number of nitrogens with zero attached hydrogens (tertiary/aromatic N) is 2. The van der Waals surface area contributed by atoms with Crippen LogP contribution < -0.4 is 14.4 Å². The molecule has 1 unspecified atom stereocenters. The molecule has 1 aliphatic carbocycles. The van der Waals surface area contributed by atoms with E-state index in [9.17, 15) is 18.0 Å². The Hall–Kier alpha value is -3.07. The maximum Gasteiger partial charge on any atom is 0.244 e. The highest BCUT2D eigenvalue weighted by molar-refractivity contribution is 7.92. The number of carbonyl (C=O) groups excluding carboxylic acids is 2. The van der Waals surface area contributed by atoms with E-state index >= 15 is 0 Å². The summed E-state index contributed by atoms with van der Waals surface area (Å²) in [6.07, 6.45) is 5.10. The maximum atomic E-state index is 13.7. The summed E-state index contributed by atoms with van der Waals surface area (Å²) in [7, 11) is -2.18. The number of hydrogen-bond donors (Lipinski definition) is 1. The van der Waals surface area contributed by atoms with E-state index in [2.05, 4.69) is 5.32 Å². The Morgan fingerprint density at radius 2 is 1.64 bits per heavy atom. The molecule has 1 N–H and O–H groups in total. The number of ether oxygens (including phenoxy) is 1. The molecule has 2 aromatic carbocycles. The fraction of sp³-hybridized carbons (Fsp3) is 0.481. The zero-order valence-electron chi connectivity index (χ0n) is 21.8. The van der Waals surface area contributed by atoms with Crippen molar-refractivity contribution in [2.75, 3.05) is 24.2 Å². The summed E-state index contributed by atoms with van der Waals surface area (Å²) in [6.45, 7) is 5.20. The largest absolute Gasteiger partial charge is 0.497 e. The molecule has 0 aromatic heterocycles. The topological polar surface area (TPSA) is 96.0 Å². The van der Waals surface area contributed by atoms with Crippen molar-refractivity contribution >= 4 is 27.5 Å². The molecule has 2 aromatic rings. The molecule has 1 fully saturated rings. The highest BCUT2D eigenvalue weighted by atomic mass is 32.2. The van der Waals surface area contributed by atoms with Gasteiger partial charge in [-0.25, -0.2) is 8.42 Å². The van der Waals surface area contributed by atoms with Gasteiger partial charge in [0, 0.05) is 12.6 Å². The Balaban J connectivity index is 1.89. The first-order valence-electron chi connectivity index (χ1n) is 12.3. The number of sulfonamides is 1. The lowest BCUT2D eigenvalue weighted by Crippen LogP contribution is -2.52. The normalized spacial score (nSPS) is 14.8. The zero-order valence-corrected chi connectivity index (χ0v) is 22.6. The Bertz CT molecular complexity index is 1150. The van der Waals surface area contributed by atoms with Gasteiger partial charge in [0.2, 0.25) is 21.8 Å². The molecule has 36 heavy (non-hydrogen) atoms. The number of benzene rings is 2. The highest BCUT2D eigenvalue weighted by Crippen LogP contribution is 2.23. The third-order valence-corrected chi connectivity index (χ3v) is 7.70. The Morgan fingerprint density at radius 1 is 1.06 bits per heavy atom. The van der Waals surface area contributed by atoms with Gasteiger partial charge >= 0.3 is 0 Å². The minimum Gasteiger partial charge on any atom is -0.497 e. The number of aryl methyl sites for hydroxylation is 2. The van der Waals surface area contributed by atoms with E-state index < -0.39 is 28.5 Å². The van der Waals surface area contributed by atoms with Crippen molar-refractivity contribution in [2.45, 2.75) is 65.1 Å². The number of rotatable bonds is 10. The molecule has 196 valence electrons. The van der Waals surface area contributed by atoms with Crippen LogP contribution in [0.25, 0.3) is 0 Å². The average Bonchev–Trinajstić information content (AvgIpc) is 3.32. The van der Waals surface area contributed by atoms with Gasteiger partial charge in [0.15, 0.2) is 0 Å². The molecule has 0 aliphatic heterocycles. The van der Waals surface area contributed by atoms with Gasteiger partial charge in [0.1, 0.15) is 18.3 Å². The Morgan fingerprint density at radius 3 is 2.17 bits per heavy atom. The lowest BCUT2D eigenvalue weighted by molar-refractivity contribution is -0.139. The number of nitrogens with one attached hydrogen (secondary N) is 1. The van der Waals surface area contributed by atoms with Gasteiger partial charge in [0.05, 0.1) is 19.1 Å². The molecular weight excluding hydrogens is 478 g/mol. The van der Waals surface area contributed by atoms with E-state index in [4.69, 9.17) is 4.74 Å². The molecule has 0 bridgehead atoms. The van der Waals surface area contributed by atoms with Crippen molar-refractivity contribution in [3.8, 4) is 5.75 Å². The van der Waals surface area contributed by atoms with Gasteiger partial charge in [0.25, 0.3) is 0 Å². The van der Waals surface area contributed by atoms with Crippen LogP contribution in [0.15, 0.2) is 42.5 Å². The van der Waals surface area contributed by atoms with E-state index in [1.165, 1.54) is 4.90 Å². The van der Waals surface area contributed by atoms with Crippen molar-refractivity contribution < 1.29 is 22.7 Å². The van der Waals surface area contributed by atoms with Gasteiger partial charge in [-0.05, 0) is 74.6 Å². The van der Waals surface area contributed by atoms with E-state index in [0.29, 0.717) is 11.4 Å². The van der Waals surface area contributed by atoms with Crippen LogP contribution in [0.1, 0.15) is 49.3 Å². The second-order valence-electron chi connectivity index (χ2n) is 9.65. The Kier molecular flexibility index (Phi) is 9.00. The molecule has 0 saturated heterocycles. The van der Waals surface area contributed by atoms with Gasteiger partial charge < -0.3 is 15.0 Å². The van der Waals surface area contributed by atoms with Crippen LogP contribution in [-0.2, 0) is 26.2 Å². The first-order chi connectivity index (χ1) is 17.0. The first kappa shape index (κ1) is 27.5. The van der Waals surface area contributed by atoms with Gasteiger partial charge in [-0.2, -0.15) is 0 Å². The van der Waals surface area contributed by atoms with Gasteiger partial charge in [-0.3, -0.25) is 13.9 Å². The summed E-state index contributed by atoms with van der Waals surface area (Å²) in [6, 6.07) is 12.0. The lowest BCUT2D eigenvalue weighted by Gasteiger charge is -2.32. The summed E-state index contributed by atoms with van der Waals surface area (Å²) >= 11 is 0. The van der Waals surface area contributed by atoms with Crippen molar-refractivity contribution in [1.82, 2.24) is 10.2 Å². The van der Waals surface area contributed by atoms with Crippen LogP contribution in [0.4, 0.5) is 5.69 Å². The number of methoxy groups -OCH3 is 1. The fourth-order valence-corrected chi connectivity index (χ4v) is 5.44. The quantitative estimate of drug-likeness (QED) is 0.522.